The summed E-state index contributed by atoms with van der Waals surface area (Å²) in [6.07, 6.45) is 1.76. The largest absolute Gasteiger partial charge is 0.493 e. The molecule has 172 valence electrons. The molecule has 0 aliphatic carbocycles. The number of para-hydroxylation sites is 1. The minimum absolute atomic E-state index is 0.170. The quantitative estimate of drug-likeness (QED) is 0.290. The van der Waals surface area contributed by atoms with Gasteiger partial charge in [-0.25, -0.2) is 0 Å². The highest BCUT2D eigenvalue weighted by molar-refractivity contribution is 9.10. The molecule has 0 bridgehead atoms. The molecule has 1 N–H and O–H groups in total. The standard InChI is InChI=1S/C25H19BrN2O4S2/c1-31-21-13-16(7-12-20(21)32-15-23(29)27-18-5-3-2-4-6-18)14-22-24(30)28(25(33)34-22)19-10-8-17(26)9-11-19/h2-14H,15H2,1H3,(H,27,29). The van der Waals surface area contributed by atoms with Crippen LogP contribution >= 0.6 is 39.9 Å². The second kappa shape index (κ2) is 10.9. The molecule has 0 aromatic heterocycles. The Morgan fingerprint density at radius 3 is 2.53 bits per heavy atom. The zero-order valence-corrected chi connectivity index (χ0v) is 21.2. The van der Waals surface area contributed by atoms with Gasteiger partial charge in [0.15, 0.2) is 22.4 Å². The first-order valence-electron chi connectivity index (χ1n) is 10.1. The van der Waals surface area contributed by atoms with E-state index in [9.17, 15) is 9.59 Å². The van der Waals surface area contributed by atoms with Crippen LogP contribution in [-0.4, -0.2) is 29.9 Å². The lowest BCUT2D eigenvalue weighted by atomic mass is 10.2. The number of ether oxygens (including phenoxy) is 2. The first-order valence-corrected chi connectivity index (χ1v) is 12.2. The normalized spacial score (nSPS) is 14.4. The average molecular weight is 555 g/mol. The van der Waals surface area contributed by atoms with Gasteiger partial charge < -0.3 is 14.8 Å². The molecule has 1 saturated heterocycles. The molecule has 0 radical (unpaired) electrons. The highest BCUT2D eigenvalue weighted by atomic mass is 79.9. The molecule has 34 heavy (non-hydrogen) atoms. The number of rotatable bonds is 7. The van der Waals surface area contributed by atoms with Crippen LogP contribution in [0.4, 0.5) is 11.4 Å². The molecule has 6 nitrogen and oxygen atoms in total. The summed E-state index contributed by atoms with van der Waals surface area (Å²) in [5, 5.41) is 2.76. The minimum atomic E-state index is -0.283. The predicted molar refractivity (Wildman–Crippen MR) is 143 cm³/mol. The molecule has 0 saturated carbocycles. The van der Waals surface area contributed by atoms with Crippen LogP contribution in [0.15, 0.2) is 82.2 Å². The smallest absolute Gasteiger partial charge is 0.270 e. The zero-order valence-electron chi connectivity index (χ0n) is 18.0. The van der Waals surface area contributed by atoms with Crippen LogP contribution in [0.3, 0.4) is 0 Å². The third-order valence-electron chi connectivity index (χ3n) is 4.78. The van der Waals surface area contributed by atoms with Crippen LogP contribution < -0.4 is 19.7 Å². The van der Waals surface area contributed by atoms with E-state index >= 15 is 0 Å². The molecule has 1 aliphatic rings. The van der Waals surface area contributed by atoms with E-state index in [4.69, 9.17) is 21.7 Å². The number of nitrogens with zero attached hydrogens (tertiary/aromatic N) is 1. The molecule has 0 spiro atoms. The molecule has 1 heterocycles. The van der Waals surface area contributed by atoms with Gasteiger partial charge in [-0.2, -0.15) is 0 Å². The molecule has 9 heteroatoms. The number of benzene rings is 3. The molecule has 1 fully saturated rings. The lowest BCUT2D eigenvalue weighted by molar-refractivity contribution is -0.118. The van der Waals surface area contributed by atoms with Gasteiger partial charge in [0, 0.05) is 10.2 Å². The maximum Gasteiger partial charge on any atom is 0.270 e. The van der Waals surface area contributed by atoms with Gasteiger partial charge in [0.25, 0.3) is 11.8 Å². The number of thioether (sulfide) groups is 1. The maximum absolute atomic E-state index is 13.0. The highest BCUT2D eigenvalue weighted by Crippen LogP contribution is 2.37. The molecule has 0 unspecified atom stereocenters. The van der Waals surface area contributed by atoms with Crippen molar-refractivity contribution in [3.63, 3.8) is 0 Å². The van der Waals surface area contributed by atoms with Gasteiger partial charge in [-0.15, -0.1) is 0 Å². The van der Waals surface area contributed by atoms with Crippen molar-refractivity contribution in [2.45, 2.75) is 0 Å². The minimum Gasteiger partial charge on any atom is -0.493 e. The molecule has 3 aromatic carbocycles. The predicted octanol–water partition coefficient (Wildman–Crippen LogP) is 5.88. The van der Waals surface area contributed by atoms with E-state index in [0.717, 1.165) is 10.0 Å². The molecule has 4 rings (SSSR count). The molecule has 2 amide bonds. The van der Waals surface area contributed by atoms with E-state index in [2.05, 4.69) is 21.2 Å². The fraction of sp³-hybridized carbons (Fsp3) is 0.0800. The second-order valence-electron chi connectivity index (χ2n) is 7.11. The Bertz CT molecular complexity index is 1260. The molecular formula is C25H19BrN2O4S2. The summed E-state index contributed by atoms with van der Waals surface area (Å²) in [5.74, 6) is 0.401. The Balaban J connectivity index is 1.45. The zero-order chi connectivity index (χ0) is 24.1. The summed E-state index contributed by atoms with van der Waals surface area (Å²) >= 11 is 10.1. The number of methoxy groups -OCH3 is 1. The Morgan fingerprint density at radius 2 is 1.82 bits per heavy atom. The van der Waals surface area contributed by atoms with Gasteiger partial charge in [0.05, 0.1) is 17.7 Å². The van der Waals surface area contributed by atoms with Crippen molar-refractivity contribution in [2.75, 3.05) is 23.9 Å². The van der Waals surface area contributed by atoms with E-state index in [1.54, 1.807) is 36.4 Å². The lowest BCUT2D eigenvalue weighted by Gasteiger charge is -2.14. The van der Waals surface area contributed by atoms with Crippen molar-refractivity contribution in [1.82, 2.24) is 0 Å². The van der Waals surface area contributed by atoms with Crippen molar-refractivity contribution < 1.29 is 19.1 Å². The Morgan fingerprint density at radius 1 is 1.09 bits per heavy atom. The summed E-state index contributed by atoms with van der Waals surface area (Å²) in [6, 6.07) is 21.8. The number of hydrogen-bond acceptors (Lipinski definition) is 6. The number of amides is 2. The van der Waals surface area contributed by atoms with Crippen LogP contribution in [0.2, 0.25) is 0 Å². The summed E-state index contributed by atoms with van der Waals surface area (Å²) in [5.41, 5.74) is 2.15. The number of carbonyl (C=O) groups is 2. The van der Waals surface area contributed by atoms with Crippen molar-refractivity contribution in [2.24, 2.45) is 0 Å². The molecule has 0 atom stereocenters. The van der Waals surface area contributed by atoms with Crippen LogP contribution in [0.5, 0.6) is 11.5 Å². The Kier molecular flexibility index (Phi) is 7.66. The van der Waals surface area contributed by atoms with E-state index in [1.807, 2.05) is 42.5 Å². The number of carbonyl (C=O) groups excluding carboxylic acids is 2. The topological polar surface area (TPSA) is 67.9 Å². The first kappa shape index (κ1) is 24.0. The second-order valence-corrected chi connectivity index (χ2v) is 9.70. The number of hydrogen-bond donors (Lipinski definition) is 1. The van der Waals surface area contributed by atoms with Gasteiger partial charge >= 0.3 is 0 Å². The van der Waals surface area contributed by atoms with Gasteiger partial charge in [0.2, 0.25) is 0 Å². The van der Waals surface area contributed by atoms with Gasteiger partial charge in [-0.1, -0.05) is 64.2 Å². The van der Waals surface area contributed by atoms with Crippen LogP contribution in [0, 0.1) is 0 Å². The van der Waals surface area contributed by atoms with E-state index in [1.165, 1.54) is 23.8 Å². The third kappa shape index (κ3) is 5.67. The summed E-state index contributed by atoms with van der Waals surface area (Å²) < 4.78 is 12.5. The molecule has 3 aromatic rings. The fourth-order valence-electron chi connectivity index (χ4n) is 3.19. The SMILES string of the molecule is COc1cc(C=C2SC(=S)N(c3ccc(Br)cc3)C2=O)ccc1OCC(=O)Nc1ccccc1. The highest BCUT2D eigenvalue weighted by Gasteiger charge is 2.33. The van der Waals surface area contributed by atoms with Gasteiger partial charge in [-0.3, -0.25) is 14.5 Å². The van der Waals surface area contributed by atoms with Crippen molar-refractivity contribution in [3.05, 3.63) is 87.7 Å². The summed E-state index contributed by atoms with van der Waals surface area (Å²) in [6.45, 7) is -0.170. The average Bonchev–Trinajstić information content (AvgIpc) is 3.12. The number of halogens is 1. The van der Waals surface area contributed by atoms with Gasteiger partial charge in [0.1, 0.15) is 0 Å². The lowest BCUT2D eigenvalue weighted by Crippen LogP contribution is -2.27. The monoisotopic (exact) mass is 554 g/mol. The maximum atomic E-state index is 13.0. The van der Waals surface area contributed by atoms with E-state index in [-0.39, 0.29) is 18.4 Å². The van der Waals surface area contributed by atoms with E-state index in [0.29, 0.717) is 32.1 Å². The third-order valence-corrected chi connectivity index (χ3v) is 6.61. The van der Waals surface area contributed by atoms with Crippen LogP contribution in [0.1, 0.15) is 5.56 Å². The Hall–Kier alpha value is -3.14. The number of thiocarbonyl (C=S) groups is 1. The van der Waals surface area contributed by atoms with Crippen LogP contribution in [-0.2, 0) is 9.59 Å². The van der Waals surface area contributed by atoms with E-state index < -0.39 is 0 Å². The van der Waals surface area contributed by atoms with Gasteiger partial charge in [-0.05, 0) is 60.2 Å². The molecule has 1 aliphatic heterocycles. The summed E-state index contributed by atoms with van der Waals surface area (Å²) in [4.78, 5) is 27.2. The fourth-order valence-corrected chi connectivity index (χ4v) is 4.75. The number of nitrogens with one attached hydrogen (secondary N) is 1. The van der Waals surface area contributed by atoms with Crippen molar-refractivity contribution >= 4 is 73.5 Å². The Labute approximate surface area is 215 Å². The summed E-state index contributed by atoms with van der Waals surface area (Å²) in [7, 11) is 1.52. The molecular weight excluding hydrogens is 536 g/mol. The van der Waals surface area contributed by atoms with Crippen molar-refractivity contribution in [3.8, 4) is 11.5 Å². The van der Waals surface area contributed by atoms with Crippen LogP contribution in [0.25, 0.3) is 6.08 Å². The number of anilines is 2. The first-order chi connectivity index (χ1) is 16.4. The van der Waals surface area contributed by atoms with Crippen molar-refractivity contribution in [1.29, 1.82) is 0 Å².